The Labute approximate surface area is 206 Å². The van der Waals surface area contributed by atoms with Crippen LogP contribution in [0, 0.1) is 0 Å². The molecule has 3 saturated heterocycles. The lowest BCUT2D eigenvalue weighted by molar-refractivity contribution is -0.156. The Morgan fingerprint density at radius 3 is 1.36 bits per heavy atom. The van der Waals surface area contributed by atoms with Gasteiger partial charge in [-0.1, -0.05) is 19.2 Å². The van der Waals surface area contributed by atoms with Crippen LogP contribution in [0.15, 0.2) is 36.8 Å². The Morgan fingerprint density at radius 1 is 0.778 bits per heavy atom. The molecule has 200 valence electrons. The molecule has 0 aromatic rings. The summed E-state index contributed by atoms with van der Waals surface area (Å²) in [5.41, 5.74) is 0. The van der Waals surface area contributed by atoms with E-state index < -0.39 is 48.2 Å². The van der Waals surface area contributed by atoms with Crippen molar-refractivity contribution >= 4 is 35.6 Å². The fourth-order valence-electron chi connectivity index (χ4n) is 2.60. The van der Waals surface area contributed by atoms with Gasteiger partial charge in [0.05, 0.1) is 17.9 Å². The fourth-order valence-corrected chi connectivity index (χ4v) is 2.60. The van der Waals surface area contributed by atoms with Crippen molar-refractivity contribution in [3.63, 3.8) is 0 Å². The molecule has 0 bridgehead atoms. The van der Waals surface area contributed by atoms with E-state index in [2.05, 4.69) is 17.9 Å². The van der Waals surface area contributed by atoms with Crippen LogP contribution in [0.1, 0.15) is 51.9 Å². The first-order valence-corrected chi connectivity index (χ1v) is 10.7. The Kier molecular flexibility index (Phi) is 14.6. The van der Waals surface area contributed by atoms with Crippen molar-refractivity contribution < 1.29 is 63.4 Å². The van der Waals surface area contributed by atoms with Crippen LogP contribution in [0.3, 0.4) is 0 Å². The van der Waals surface area contributed by atoms with Gasteiger partial charge in [0.1, 0.15) is 0 Å². The van der Waals surface area contributed by atoms with Crippen LogP contribution >= 0.6 is 0 Å². The number of allylic oxidation sites excluding steroid dienone is 3. The van der Waals surface area contributed by atoms with Gasteiger partial charge in [0.2, 0.25) is 0 Å². The lowest BCUT2D eigenvalue weighted by atomic mass is 10.2. The van der Waals surface area contributed by atoms with Crippen molar-refractivity contribution in [2.24, 2.45) is 0 Å². The van der Waals surface area contributed by atoms with E-state index in [1.807, 2.05) is 0 Å². The van der Waals surface area contributed by atoms with Gasteiger partial charge < -0.3 is 34.6 Å². The zero-order valence-corrected chi connectivity index (χ0v) is 19.7. The summed E-state index contributed by atoms with van der Waals surface area (Å²) in [6.45, 7) is 8.38. The lowest BCUT2D eigenvalue weighted by Crippen LogP contribution is -2.18. The molecule has 3 aliphatic rings. The highest BCUT2D eigenvalue weighted by Crippen LogP contribution is 2.21. The van der Waals surface area contributed by atoms with Crippen molar-refractivity contribution in [1.82, 2.24) is 0 Å². The molecule has 36 heavy (non-hydrogen) atoms. The predicted octanol–water partition coefficient (Wildman–Crippen LogP) is 1.91. The molecule has 0 amide bonds. The van der Waals surface area contributed by atoms with Crippen molar-refractivity contribution in [3.05, 3.63) is 36.8 Å². The molecule has 0 radical (unpaired) electrons. The number of esters is 1. The number of carboxylic acid groups (broad SMARTS) is 4. The van der Waals surface area contributed by atoms with Crippen molar-refractivity contribution in [1.29, 1.82) is 0 Å². The predicted molar refractivity (Wildman–Crippen MR) is 121 cm³/mol. The zero-order valence-electron chi connectivity index (χ0n) is 19.7. The highest BCUT2D eigenvalue weighted by Gasteiger charge is 2.29. The third-order valence-corrected chi connectivity index (χ3v) is 4.34. The Balaban J connectivity index is 0.000000454. The molecule has 3 aliphatic heterocycles. The van der Waals surface area contributed by atoms with Gasteiger partial charge in [-0.3, -0.25) is 14.4 Å². The molecule has 0 aromatic carbocycles. The average Bonchev–Trinajstić information content (AvgIpc) is 3.50. The molecule has 4 N–H and O–H groups in total. The van der Waals surface area contributed by atoms with Crippen molar-refractivity contribution in [2.75, 3.05) is 0 Å². The summed E-state index contributed by atoms with van der Waals surface area (Å²) >= 11 is 0. The van der Waals surface area contributed by atoms with E-state index in [4.69, 9.17) is 29.9 Å². The van der Waals surface area contributed by atoms with E-state index in [1.165, 1.54) is 19.1 Å². The van der Waals surface area contributed by atoms with E-state index in [0.717, 1.165) is 0 Å². The number of carbonyl (C=O) groups excluding carboxylic acids is 2. The highest BCUT2D eigenvalue weighted by atomic mass is 16.6. The van der Waals surface area contributed by atoms with Crippen LogP contribution in [0.2, 0.25) is 0 Å². The first-order chi connectivity index (χ1) is 16.7. The van der Waals surface area contributed by atoms with Gasteiger partial charge in [-0.2, -0.15) is 0 Å². The number of ketones is 1. The monoisotopic (exact) mass is 514 g/mol. The van der Waals surface area contributed by atoms with Crippen LogP contribution in [0.4, 0.5) is 0 Å². The van der Waals surface area contributed by atoms with Gasteiger partial charge in [-0.15, -0.1) is 0 Å². The molecule has 13 nitrogen and oxygen atoms in total. The molecule has 0 aliphatic carbocycles. The Bertz CT molecular complexity index is 801. The van der Waals surface area contributed by atoms with E-state index in [9.17, 15) is 28.8 Å². The maximum Gasteiger partial charge on any atom is 0.345 e. The van der Waals surface area contributed by atoms with E-state index in [0.29, 0.717) is 43.6 Å². The fraction of sp³-hybridized carbons (Fsp3) is 0.478. The van der Waals surface area contributed by atoms with E-state index in [-0.39, 0.29) is 18.6 Å². The number of ether oxygens (including phenoxy) is 3. The molecule has 13 heteroatoms. The number of hydrogen-bond acceptors (Lipinski definition) is 9. The summed E-state index contributed by atoms with van der Waals surface area (Å²) in [7, 11) is 0. The Morgan fingerprint density at radius 2 is 1.17 bits per heavy atom. The maximum absolute atomic E-state index is 10.3. The third-order valence-electron chi connectivity index (χ3n) is 4.34. The summed E-state index contributed by atoms with van der Waals surface area (Å²) in [5, 5.41) is 33.0. The Hall–Kier alpha value is -4.16. The second-order valence-corrected chi connectivity index (χ2v) is 7.51. The van der Waals surface area contributed by atoms with Crippen LogP contribution in [-0.4, -0.2) is 74.4 Å². The number of carbonyl (C=O) groups is 6. The molecule has 1 unspecified atom stereocenters. The molecule has 3 fully saturated rings. The van der Waals surface area contributed by atoms with Crippen LogP contribution in [0.25, 0.3) is 0 Å². The minimum absolute atomic E-state index is 0.0837. The first kappa shape index (κ1) is 31.8. The number of carboxylic acids is 4. The standard InChI is InChI=1S/3C6H8O3.C5H6O4/c2*1-4-2-3-5(9-4)6(7)8;1-5(7)3-2-4-6(8)9;6-4-2-1-3(9-4)5(7)8/h2*5H,1-3H2,(H,7,8);2-3H,4H2,1H3,(H,8,9);3H,1-2H2,(H,7,8)/b;;3-2+;/t5-;;;3-/m0..1/s1. The summed E-state index contributed by atoms with van der Waals surface area (Å²) in [6, 6.07) is 0. The largest absolute Gasteiger partial charge is 0.484 e. The highest BCUT2D eigenvalue weighted by molar-refractivity contribution is 5.87. The summed E-state index contributed by atoms with van der Waals surface area (Å²) in [6.07, 6.45) is 3.34. The quantitative estimate of drug-likeness (QED) is 0.295. The van der Waals surface area contributed by atoms with Crippen molar-refractivity contribution in [2.45, 2.75) is 70.2 Å². The lowest BCUT2D eigenvalue weighted by Gasteiger charge is -2.01. The molecule has 3 heterocycles. The van der Waals surface area contributed by atoms with E-state index >= 15 is 0 Å². The minimum Gasteiger partial charge on any atom is -0.484 e. The van der Waals surface area contributed by atoms with Crippen molar-refractivity contribution in [3.8, 4) is 0 Å². The van der Waals surface area contributed by atoms with Gasteiger partial charge in [0.25, 0.3) is 0 Å². The number of aliphatic carboxylic acids is 4. The minimum atomic E-state index is -1.05. The van der Waals surface area contributed by atoms with Gasteiger partial charge >= 0.3 is 29.8 Å². The molecule has 0 saturated carbocycles. The molecular formula is C23H30O13. The summed E-state index contributed by atoms with van der Waals surface area (Å²) in [4.78, 5) is 60.7. The normalized spacial score (nSPS) is 21.8. The zero-order chi connectivity index (χ0) is 27.8. The average molecular weight is 514 g/mol. The van der Waals surface area contributed by atoms with Gasteiger partial charge in [-0.25, -0.2) is 14.4 Å². The number of rotatable bonds is 6. The van der Waals surface area contributed by atoms with Crippen LogP contribution in [0.5, 0.6) is 0 Å². The van der Waals surface area contributed by atoms with Gasteiger partial charge in [0, 0.05) is 38.5 Å². The summed E-state index contributed by atoms with van der Waals surface area (Å²) in [5.74, 6) is -3.14. The van der Waals surface area contributed by atoms with Crippen LogP contribution in [-0.2, 0) is 43.0 Å². The maximum atomic E-state index is 10.3. The molecule has 0 aromatic heterocycles. The molecule has 3 rings (SSSR count). The first-order valence-electron chi connectivity index (χ1n) is 10.7. The molecular weight excluding hydrogens is 484 g/mol. The SMILES string of the molecule is C=C1CCC(C(=O)O)O1.C=C1CC[C@@H](C(=O)O)O1.CC(=O)/C=C/CC(=O)O.O=C1CC[C@H](C(=O)O)O1. The third kappa shape index (κ3) is 14.9. The smallest absolute Gasteiger partial charge is 0.345 e. The molecule has 3 atom stereocenters. The number of hydrogen-bond donors (Lipinski definition) is 4. The number of cyclic esters (lactones) is 1. The summed E-state index contributed by atoms with van der Waals surface area (Å²) < 4.78 is 14.0. The van der Waals surface area contributed by atoms with Crippen LogP contribution < -0.4 is 0 Å². The van der Waals surface area contributed by atoms with Gasteiger partial charge in [-0.05, 0) is 13.0 Å². The van der Waals surface area contributed by atoms with Gasteiger partial charge in [0.15, 0.2) is 24.1 Å². The second kappa shape index (κ2) is 16.5. The van der Waals surface area contributed by atoms with E-state index in [1.54, 1.807) is 0 Å². The topological polar surface area (TPSA) is 211 Å². The second-order valence-electron chi connectivity index (χ2n) is 7.51. The molecule has 0 spiro atoms.